The summed E-state index contributed by atoms with van der Waals surface area (Å²) in [5.74, 6) is -4.92. The van der Waals surface area contributed by atoms with Crippen LogP contribution in [0.25, 0.3) is 34.4 Å². The Morgan fingerprint density at radius 2 is 0.875 bits per heavy atom. The summed E-state index contributed by atoms with van der Waals surface area (Å²) in [6, 6.07) is 22.0. The van der Waals surface area contributed by atoms with Crippen molar-refractivity contribution >= 4 is 24.0 Å². The summed E-state index contributed by atoms with van der Waals surface area (Å²) in [5.41, 5.74) is 1.87. The van der Waals surface area contributed by atoms with Gasteiger partial charge in [0.1, 0.15) is 17.1 Å². The molecule has 0 radical (unpaired) electrons. The molecule has 0 fully saturated rings. The Hall–Kier alpha value is -8.00. The SMILES string of the molecule is O=C(N/C=C/c1ccc(O)c(O)c1)c1c(-c2ccc(O)c(O)c2)c(-c2ccc(O)c(O)c2)c(C(=O)N/C=C/c2ccc(O)c(O)c2)n1CCc1ccc(O)cc1. The van der Waals surface area contributed by atoms with Crippen molar-refractivity contribution in [3.63, 3.8) is 0 Å². The summed E-state index contributed by atoms with van der Waals surface area (Å²) >= 11 is 0. The van der Waals surface area contributed by atoms with Gasteiger partial charge in [-0.25, -0.2) is 0 Å². The maximum Gasteiger partial charge on any atom is 0.272 e. The van der Waals surface area contributed by atoms with Crippen LogP contribution in [0.1, 0.15) is 37.7 Å². The number of benzene rings is 5. The van der Waals surface area contributed by atoms with Gasteiger partial charge in [-0.05, 0) is 107 Å². The Bertz CT molecular complexity index is 2370. The van der Waals surface area contributed by atoms with Crippen LogP contribution in [0.15, 0.2) is 109 Å². The van der Waals surface area contributed by atoms with Crippen LogP contribution in [-0.4, -0.2) is 62.3 Å². The van der Waals surface area contributed by atoms with Crippen molar-refractivity contribution in [1.82, 2.24) is 15.2 Å². The molecule has 0 saturated carbocycles. The molecular weight excluding hydrogens is 722 g/mol. The van der Waals surface area contributed by atoms with E-state index in [1.165, 1.54) is 114 Å². The highest BCUT2D eigenvalue weighted by Crippen LogP contribution is 2.44. The van der Waals surface area contributed by atoms with Crippen LogP contribution < -0.4 is 10.6 Å². The Morgan fingerprint density at radius 3 is 1.27 bits per heavy atom. The van der Waals surface area contributed by atoms with Crippen LogP contribution in [-0.2, 0) is 13.0 Å². The molecule has 0 atom stereocenters. The monoisotopic (exact) mass is 757 g/mol. The highest BCUT2D eigenvalue weighted by atomic mass is 16.3. The zero-order valence-corrected chi connectivity index (χ0v) is 29.2. The first-order valence-corrected chi connectivity index (χ1v) is 16.9. The van der Waals surface area contributed by atoms with Crippen LogP contribution in [0, 0.1) is 0 Å². The Kier molecular flexibility index (Phi) is 10.7. The van der Waals surface area contributed by atoms with Gasteiger partial charge in [0.15, 0.2) is 46.0 Å². The van der Waals surface area contributed by atoms with Gasteiger partial charge in [-0.15, -0.1) is 0 Å². The van der Waals surface area contributed by atoms with Gasteiger partial charge in [0.2, 0.25) is 0 Å². The Balaban J connectivity index is 1.58. The summed E-state index contributed by atoms with van der Waals surface area (Å²) in [6.45, 7) is -0.0253. The molecule has 0 spiro atoms. The summed E-state index contributed by atoms with van der Waals surface area (Å²) < 4.78 is 1.44. The zero-order chi connectivity index (χ0) is 40.1. The van der Waals surface area contributed by atoms with E-state index in [-0.39, 0.29) is 75.4 Å². The molecule has 284 valence electrons. The number of carbonyl (C=O) groups excluding carboxylic acids is 2. The molecule has 0 aliphatic rings. The molecule has 6 aromatic rings. The topological polar surface area (TPSA) is 245 Å². The summed E-state index contributed by atoms with van der Waals surface area (Å²) in [5, 5.41) is 96.3. The van der Waals surface area contributed by atoms with E-state index in [4.69, 9.17) is 0 Å². The lowest BCUT2D eigenvalue weighted by Crippen LogP contribution is -2.27. The molecule has 1 heterocycles. The van der Waals surface area contributed by atoms with Crippen LogP contribution >= 0.6 is 0 Å². The van der Waals surface area contributed by atoms with E-state index in [9.17, 15) is 55.5 Å². The largest absolute Gasteiger partial charge is 0.508 e. The highest BCUT2D eigenvalue weighted by molar-refractivity contribution is 6.12. The fraction of sp³-hybridized carbons (Fsp3) is 0.0476. The third-order valence-corrected chi connectivity index (χ3v) is 8.76. The van der Waals surface area contributed by atoms with E-state index in [0.29, 0.717) is 11.1 Å². The quantitative estimate of drug-likeness (QED) is 0.0663. The van der Waals surface area contributed by atoms with Crippen LogP contribution in [0.4, 0.5) is 0 Å². The van der Waals surface area contributed by atoms with Crippen molar-refractivity contribution < 1.29 is 55.5 Å². The van der Waals surface area contributed by atoms with E-state index in [0.717, 1.165) is 5.56 Å². The standard InChI is InChI=1S/C42H35N3O11/c46-28-7-1-23(2-8-28)15-18-45-39(41(55)43-16-13-24-3-9-29(47)33(51)19-24)37(26-5-11-31(49)35(53)21-26)38(27-6-12-32(50)36(54)22-27)40(45)42(56)44-17-14-25-4-10-30(48)34(52)20-25/h1-14,16-17,19-22,46-54H,15,18H2,(H,43,55)(H,44,56)/b16-13+,17-14+. The molecule has 11 N–H and O–H groups in total. The number of carbonyl (C=O) groups is 2. The third kappa shape index (κ3) is 8.14. The minimum atomic E-state index is -0.754. The fourth-order valence-corrected chi connectivity index (χ4v) is 5.99. The number of aromatic nitrogens is 1. The van der Waals surface area contributed by atoms with Crippen molar-refractivity contribution in [2.75, 3.05) is 0 Å². The van der Waals surface area contributed by atoms with E-state index >= 15 is 0 Å². The van der Waals surface area contributed by atoms with Crippen molar-refractivity contribution in [3.8, 4) is 74.0 Å². The van der Waals surface area contributed by atoms with Gasteiger partial charge in [-0.1, -0.05) is 36.4 Å². The van der Waals surface area contributed by atoms with Gasteiger partial charge in [0.05, 0.1) is 0 Å². The second-order valence-electron chi connectivity index (χ2n) is 12.5. The molecule has 5 aromatic carbocycles. The van der Waals surface area contributed by atoms with Gasteiger partial charge < -0.3 is 61.2 Å². The zero-order valence-electron chi connectivity index (χ0n) is 29.2. The van der Waals surface area contributed by atoms with Crippen LogP contribution in [0.3, 0.4) is 0 Å². The smallest absolute Gasteiger partial charge is 0.272 e. The minimum Gasteiger partial charge on any atom is -0.508 e. The molecule has 56 heavy (non-hydrogen) atoms. The van der Waals surface area contributed by atoms with Gasteiger partial charge in [0.25, 0.3) is 11.8 Å². The molecule has 6 rings (SSSR count). The molecule has 14 heteroatoms. The number of hydrogen-bond acceptors (Lipinski definition) is 11. The number of amides is 2. The van der Waals surface area contributed by atoms with Gasteiger partial charge >= 0.3 is 0 Å². The normalized spacial score (nSPS) is 11.3. The van der Waals surface area contributed by atoms with Crippen molar-refractivity contribution in [2.45, 2.75) is 13.0 Å². The number of hydrogen-bond donors (Lipinski definition) is 11. The lowest BCUT2D eigenvalue weighted by atomic mass is 9.93. The van der Waals surface area contributed by atoms with Crippen LogP contribution in [0.2, 0.25) is 0 Å². The van der Waals surface area contributed by atoms with Crippen molar-refractivity contribution in [2.24, 2.45) is 0 Å². The second kappa shape index (κ2) is 15.9. The molecule has 0 saturated heterocycles. The first-order chi connectivity index (χ1) is 26.8. The molecule has 2 amide bonds. The predicted octanol–water partition coefficient (Wildman–Crippen LogP) is 6.22. The number of nitrogens with zero attached hydrogens (tertiary/aromatic N) is 1. The highest BCUT2D eigenvalue weighted by Gasteiger charge is 2.32. The van der Waals surface area contributed by atoms with Gasteiger partial charge in [-0.3, -0.25) is 9.59 Å². The number of phenolic OH excluding ortho intramolecular Hbond substituents is 9. The summed E-state index contributed by atoms with van der Waals surface area (Å²) in [7, 11) is 0. The summed E-state index contributed by atoms with van der Waals surface area (Å²) in [4.78, 5) is 29.0. The molecule has 14 nitrogen and oxygen atoms in total. The van der Waals surface area contributed by atoms with E-state index in [1.807, 2.05) is 0 Å². The minimum absolute atomic E-state index is 0.0253. The van der Waals surface area contributed by atoms with Gasteiger partial charge in [0, 0.05) is 30.1 Å². The lowest BCUT2D eigenvalue weighted by Gasteiger charge is -2.14. The number of nitrogens with one attached hydrogen (secondary N) is 2. The first-order valence-electron chi connectivity index (χ1n) is 16.9. The predicted molar refractivity (Wildman–Crippen MR) is 206 cm³/mol. The Morgan fingerprint density at radius 1 is 0.482 bits per heavy atom. The third-order valence-electron chi connectivity index (χ3n) is 8.76. The molecule has 0 unspecified atom stereocenters. The average molecular weight is 758 g/mol. The molecule has 0 bridgehead atoms. The molecule has 0 aliphatic heterocycles. The number of aryl methyl sites for hydroxylation is 1. The number of rotatable bonds is 11. The lowest BCUT2D eigenvalue weighted by molar-refractivity contribution is 0.0955. The number of aromatic hydroxyl groups is 9. The maximum atomic E-state index is 14.5. The van der Waals surface area contributed by atoms with Crippen molar-refractivity contribution in [3.05, 3.63) is 138 Å². The molecule has 1 aromatic heterocycles. The summed E-state index contributed by atoms with van der Waals surface area (Å²) in [6.07, 6.45) is 5.69. The van der Waals surface area contributed by atoms with Gasteiger partial charge in [-0.2, -0.15) is 0 Å². The van der Waals surface area contributed by atoms with E-state index in [1.54, 1.807) is 12.1 Å². The maximum absolute atomic E-state index is 14.5. The number of phenols is 9. The Labute approximate surface area is 318 Å². The van der Waals surface area contributed by atoms with E-state index in [2.05, 4.69) is 10.6 Å². The second-order valence-corrected chi connectivity index (χ2v) is 12.5. The van der Waals surface area contributed by atoms with Crippen molar-refractivity contribution in [1.29, 1.82) is 0 Å². The van der Waals surface area contributed by atoms with Crippen LogP contribution in [0.5, 0.6) is 51.7 Å². The first kappa shape index (κ1) is 37.7. The van der Waals surface area contributed by atoms with E-state index < -0.39 is 34.8 Å². The molecular formula is C42H35N3O11. The fourth-order valence-electron chi connectivity index (χ4n) is 5.99. The molecule has 0 aliphatic carbocycles. The average Bonchev–Trinajstić information content (AvgIpc) is 3.51.